The van der Waals surface area contributed by atoms with Crippen molar-refractivity contribution in [2.75, 3.05) is 25.6 Å². The van der Waals surface area contributed by atoms with Crippen molar-refractivity contribution in [3.05, 3.63) is 22.7 Å². The minimum Gasteiger partial charge on any atom is -0.394 e. The van der Waals surface area contributed by atoms with Crippen molar-refractivity contribution in [3.63, 3.8) is 0 Å². The number of phosphoric ester groups is 3. The summed E-state index contributed by atoms with van der Waals surface area (Å²) in [5.74, 6) is -0.132. The molecule has 8 atom stereocenters. The molecule has 36 heavy (non-hydrogen) atoms. The van der Waals surface area contributed by atoms with E-state index in [0.29, 0.717) is 0 Å². The zero-order chi connectivity index (χ0) is 27.5. The molecule has 20 nitrogen and oxygen atoms in total. The van der Waals surface area contributed by atoms with Crippen LogP contribution in [-0.4, -0.2) is 99.9 Å². The molecule has 10 N–H and O–H groups in total. The van der Waals surface area contributed by atoms with Crippen LogP contribution in [0.25, 0.3) is 0 Å². The van der Waals surface area contributed by atoms with E-state index in [1.807, 2.05) is 0 Å². The summed E-state index contributed by atoms with van der Waals surface area (Å²) in [7, 11) is -16.1. The first-order valence-corrected chi connectivity index (χ1v) is 14.0. The van der Waals surface area contributed by atoms with Gasteiger partial charge in [0, 0.05) is 6.20 Å². The molecule has 0 aliphatic carbocycles. The van der Waals surface area contributed by atoms with Crippen LogP contribution in [0.1, 0.15) is 6.23 Å². The summed E-state index contributed by atoms with van der Waals surface area (Å²) in [4.78, 5) is 51.9. The van der Waals surface area contributed by atoms with Crippen molar-refractivity contribution in [2.45, 2.75) is 36.7 Å². The van der Waals surface area contributed by atoms with Crippen molar-refractivity contribution in [2.24, 2.45) is 0 Å². The maximum absolute atomic E-state index is 12.0. The lowest BCUT2D eigenvalue weighted by Gasteiger charge is -2.23. The molecule has 1 saturated heterocycles. The SMILES string of the molecule is Nc1ccn([C@@H]2O[C@H](COP(=O)(O)OP(=O)(O)OC[C@@H](O)[C@H](CO)OP(=O)(O)O)[C@@H](O)[C@H]2O)c(=O)n1. The molecule has 2 heterocycles. The first-order chi connectivity index (χ1) is 16.4. The van der Waals surface area contributed by atoms with Crippen LogP contribution < -0.4 is 11.4 Å². The van der Waals surface area contributed by atoms with Crippen molar-refractivity contribution >= 4 is 29.3 Å². The third-order valence-electron chi connectivity index (χ3n) is 4.36. The van der Waals surface area contributed by atoms with Gasteiger partial charge in [0.2, 0.25) is 0 Å². The van der Waals surface area contributed by atoms with Crippen LogP contribution in [-0.2, 0) is 36.3 Å². The van der Waals surface area contributed by atoms with E-state index in [-0.39, 0.29) is 5.82 Å². The molecule has 2 rings (SSSR count). The Labute approximate surface area is 200 Å². The van der Waals surface area contributed by atoms with Crippen LogP contribution in [0.5, 0.6) is 0 Å². The zero-order valence-corrected chi connectivity index (χ0v) is 20.5. The van der Waals surface area contributed by atoms with E-state index in [1.54, 1.807) is 0 Å². The van der Waals surface area contributed by atoms with E-state index in [9.17, 15) is 43.6 Å². The van der Waals surface area contributed by atoms with E-state index in [0.717, 1.165) is 10.8 Å². The monoisotopic (exact) mass is 587 g/mol. The summed E-state index contributed by atoms with van der Waals surface area (Å²) in [5.41, 5.74) is 4.41. The highest BCUT2D eigenvalue weighted by Gasteiger charge is 2.46. The van der Waals surface area contributed by atoms with Crippen molar-refractivity contribution in [1.29, 1.82) is 0 Å². The lowest BCUT2D eigenvalue weighted by atomic mass is 10.1. The van der Waals surface area contributed by atoms with Gasteiger partial charge in [-0.3, -0.25) is 18.1 Å². The van der Waals surface area contributed by atoms with Crippen molar-refractivity contribution in [1.82, 2.24) is 9.55 Å². The number of aliphatic hydroxyl groups is 4. The molecular formula is C13H24N3O17P3. The predicted octanol–water partition coefficient (Wildman–Crippen LogP) is -3.47. The van der Waals surface area contributed by atoms with Gasteiger partial charge >= 0.3 is 29.2 Å². The van der Waals surface area contributed by atoms with Crippen molar-refractivity contribution < 1.29 is 76.3 Å². The Hall–Kier alpha value is -1.15. The van der Waals surface area contributed by atoms with Gasteiger partial charge in [0.25, 0.3) is 0 Å². The maximum Gasteiger partial charge on any atom is 0.481 e. The van der Waals surface area contributed by atoms with Gasteiger partial charge in [0.15, 0.2) is 6.23 Å². The number of aliphatic hydroxyl groups excluding tert-OH is 4. The van der Waals surface area contributed by atoms with E-state index >= 15 is 0 Å². The number of hydrogen-bond acceptors (Lipinski definition) is 15. The van der Waals surface area contributed by atoms with Gasteiger partial charge in [-0.1, -0.05) is 0 Å². The Kier molecular flexibility index (Phi) is 10.5. The lowest BCUT2D eigenvalue weighted by Crippen LogP contribution is -2.36. The normalized spacial score (nSPS) is 27.8. The van der Waals surface area contributed by atoms with Crippen LogP contribution in [0.4, 0.5) is 5.82 Å². The van der Waals surface area contributed by atoms with Gasteiger partial charge < -0.3 is 50.5 Å². The van der Waals surface area contributed by atoms with E-state index < -0.39 is 85.7 Å². The Balaban J connectivity index is 1.94. The minimum atomic E-state index is -5.48. The average molecular weight is 587 g/mol. The second kappa shape index (κ2) is 12.1. The summed E-state index contributed by atoms with van der Waals surface area (Å²) in [6.07, 6.45) is -9.51. The average Bonchev–Trinajstić information content (AvgIpc) is 3.01. The Morgan fingerprint density at radius 1 is 1.11 bits per heavy atom. The molecule has 1 aliphatic heterocycles. The highest BCUT2D eigenvalue weighted by molar-refractivity contribution is 7.61. The van der Waals surface area contributed by atoms with Gasteiger partial charge in [0.05, 0.1) is 19.8 Å². The first-order valence-electron chi connectivity index (χ1n) is 9.50. The fourth-order valence-electron chi connectivity index (χ4n) is 2.74. The molecule has 0 spiro atoms. The maximum atomic E-state index is 12.0. The number of nitrogens with zero attached hydrogens (tertiary/aromatic N) is 2. The molecule has 1 aromatic heterocycles. The van der Waals surface area contributed by atoms with Crippen LogP contribution >= 0.6 is 23.5 Å². The summed E-state index contributed by atoms with van der Waals surface area (Å²) in [6, 6.07) is 1.19. The molecule has 0 saturated carbocycles. The highest BCUT2D eigenvalue weighted by atomic mass is 31.3. The molecule has 1 aliphatic rings. The summed E-state index contributed by atoms with van der Waals surface area (Å²) < 4.78 is 57.5. The third kappa shape index (κ3) is 9.00. The summed E-state index contributed by atoms with van der Waals surface area (Å²) in [5, 5.41) is 38.9. The van der Waals surface area contributed by atoms with Crippen LogP contribution in [0.3, 0.4) is 0 Å². The number of nitrogen functional groups attached to an aromatic ring is 1. The van der Waals surface area contributed by atoms with Gasteiger partial charge in [-0.25, -0.2) is 18.5 Å². The van der Waals surface area contributed by atoms with Crippen LogP contribution in [0.2, 0.25) is 0 Å². The van der Waals surface area contributed by atoms with Crippen molar-refractivity contribution in [3.8, 4) is 0 Å². The molecule has 2 unspecified atom stereocenters. The number of nitrogens with two attached hydrogens (primary N) is 1. The molecule has 0 radical (unpaired) electrons. The number of aromatic nitrogens is 2. The Bertz CT molecular complexity index is 1100. The molecule has 23 heteroatoms. The van der Waals surface area contributed by atoms with Gasteiger partial charge in [-0.15, -0.1) is 0 Å². The summed E-state index contributed by atoms with van der Waals surface area (Å²) in [6.45, 7) is -3.42. The third-order valence-corrected chi connectivity index (χ3v) is 7.51. The fraction of sp³-hybridized carbons (Fsp3) is 0.692. The molecule has 0 aromatic carbocycles. The van der Waals surface area contributed by atoms with E-state index in [2.05, 4.69) is 22.9 Å². The second-order valence-electron chi connectivity index (χ2n) is 7.08. The molecule has 1 fully saturated rings. The zero-order valence-electron chi connectivity index (χ0n) is 17.8. The molecule has 0 amide bonds. The standard InChI is InChI=1S/C13H24N3O17P3/c14-9-1-2-16(13(21)15-9)12-11(20)10(19)8(31-12)5-30-36(27,28)33-35(25,26)29-4-6(18)7(3-17)32-34(22,23)24/h1-2,6-8,10-12,17-20H,3-5H2,(H,25,26)(H,27,28)(H2,14,15,21)(H2,22,23,24)/t6-,7+,8-,10-,11-,12-/m1/s1. The van der Waals surface area contributed by atoms with Crippen LogP contribution in [0.15, 0.2) is 17.1 Å². The largest absolute Gasteiger partial charge is 0.481 e. The minimum absolute atomic E-state index is 0.132. The first kappa shape index (κ1) is 31.1. The Morgan fingerprint density at radius 3 is 2.28 bits per heavy atom. The highest BCUT2D eigenvalue weighted by Crippen LogP contribution is 2.60. The van der Waals surface area contributed by atoms with Gasteiger partial charge in [0.1, 0.15) is 36.3 Å². The molecule has 208 valence electrons. The fourth-order valence-corrected chi connectivity index (χ4v) is 5.40. The number of hydrogen-bond donors (Lipinski definition) is 9. The number of rotatable bonds is 13. The van der Waals surface area contributed by atoms with Gasteiger partial charge in [-0.2, -0.15) is 9.29 Å². The number of ether oxygens (including phenoxy) is 1. The lowest BCUT2D eigenvalue weighted by molar-refractivity contribution is -0.0546. The smallest absolute Gasteiger partial charge is 0.394 e. The van der Waals surface area contributed by atoms with E-state index in [1.165, 1.54) is 6.07 Å². The molecular weight excluding hydrogens is 563 g/mol. The van der Waals surface area contributed by atoms with E-state index in [4.69, 9.17) is 25.4 Å². The quantitative estimate of drug-likeness (QED) is 0.101. The molecule has 1 aromatic rings. The molecule has 0 bridgehead atoms. The van der Waals surface area contributed by atoms with Gasteiger partial charge in [-0.05, 0) is 6.07 Å². The summed E-state index contributed by atoms with van der Waals surface area (Å²) >= 11 is 0. The Morgan fingerprint density at radius 2 is 1.72 bits per heavy atom. The topological polar surface area (TPSA) is 320 Å². The number of phosphoric acid groups is 3. The second-order valence-corrected chi connectivity index (χ2v) is 11.3. The predicted molar refractivity (Wildman–Crippen MR) is 111 cm³/mol. The van der Waals surface area contributed by atoms with Crippen LogP contribution in [0, 0.1) is 0 Å². The number of anilines is 1.